The lowest BCUT2D eigenvalue weighted by atomic mass is 9.97. The number of hydrogen-bond acceptors (Lipinski definition) is 0. The number of rotatable bonds is 0. The van der Waals surface area contributed by atoms with Gasteiger partial charge in [0, 0.05) is 27.9 Å². The summed E-state index contributed by atoms with van der Waals surface area (Å²) < 4.78 is 2.18. The highest BCUT2D eigenvalue weighted by molar-refractivity contribution is 6.27. The first kappa shape index (κ1) is 15.7. The van der Waals surface area contributed by atoms with E-state index in [9.17, 15) is 0 Å². The molecule has 0 unspecified atom stereocenters. The van der Waals surface area contributed by atoms with E-state index in [2.05, 4.69) is 68.8 Å². The van der Waals surface area contributed by atoms with Crippen molar-refractivity contribution < 1.29 is 0 Å². The van der Waals surface area contributed by atoms with Crippen LogP contribution < -0.4 is 0 Å². The van der Waals surface area contributed by atoms with Crippen molar-refractivity contribution in [3.05, 3.63) is 102 Å². The minimum Gasteiger partial charge on any atom is -0.316 e. The van der Waals surface area contributed by atoms with Crippen LogP contribution in [0.1, 0.15) is 0 Å². The highest BCUT2D eigenvalue weighted by atomic mass is 14.9. The minimum absolute atomic E-state index is 0.395. The van der Waals surface area contributed by atoms with E-state index in [4.69, 9.17) is 13.1 Å². The molecule has 0 aliphatic carbocycles. The maximum absolute atomic E-state index is 7.56. The number of aromatic nitrogens is 1. The second kappa shape index (κ2) is 5.58. The Morgan fingerprint density at radius 3 is 2.10 bits per heavy atom. The number of pyridine rings is 1. The van der Waals surface area contributed by atoms with Crippen LogP contribution in [0, 0.1) is 13.1 Å². The number of nitrogens with zero attached hydrogens (tertiary/aromatic N) is 3. The van der Waals surface area contributed by atoms with Gasteiger partial charge in [0.1, 0.15) is 0 Å². The monoisotopic (exact) mass is 367 g/mol. The Morgan fingerprint density at radius 2 is 1.31 bits per heavy atom. The maximum Gasteiger partial charge on any atom is 0.196 e. The molecule has 3 heteroatoms. The molecule has 0 saturated heterocycles. The van der Waals surface area contributed by atoms with Crippen LogP contribution in [0.25, 0.3) is 58.4 Å². The van der Waals surface area contributed by atoms with Crippen molar-refractivity contribution >= 4 is 60.1 Å². The van der Waals surface area contributed by atoms with Crippen molar-refractivity contribution in [1.29, 1.82) is 0 Å². The van der Waals surface area contributed by atoms with E-state index in [1.807, 2.05) is 24.3 Å². The number of hydrogen-bond donors (Lipinski definition) is 0. The Kier molecular flexibility index (Phi) is 3.02. The molecule has 132 valence electrons. The molecule has 0 saturated carbocycles. The molecule has 0 radical (unpaired) electrons. The molecule has 0 aliphatic rings. The Balaban J connectivity index is 2.04. The standard InChI is InChI=1S/C26H13N3/c1-27-22-13-21-24(14-23(22)28-2)29-15-17-8-4-6-10-19(17)26(29)20-12-11-16-7-3-5-9-18(16)25(20)21/h3-15H. The average molecular weight is 367 g/mol. The van der Waals surface area contributed by atoms with Gasteiger partial charge in [-0.3, -0.25) is 9.69 Å². The third-order valence-electron chi connectivity index (χ3n) is 5.77. The summed E-state index contributed by atoms with van der Waals surface area (Å²) in [6.07, 6.45) is 2.13. The third-order valence-corrected chi connectivity index (χ3v) is 5.77. The van der Waals surface area contributed by atoms with E-state index < -0.39 is 0 Å². The molecule has 2 heterocycles. The highest BCUT2D eigenvalue weighted by Crippen LogP contribution is 2.42. The maximum atomic E-state index is 7.56. The van der Waals surface area contributed by atoms with Crippen molar-refractivity contribution in [2.75, 3.05) is 0 Å². The van der Waals surface area contributed by atoms with Crippen LogP contribution in [0.3, 0.4) is 0 Å². The smallest absolute Gasteiger partial charge is 0.196 e. The summed E-state index contributed by atoms with van der Waals surface area (Å²) in [5, 5.41) is 7.97. The van der Waals surface area contributed by atoms with E-state index in [1.165, 1.54) is 10.8 Å². The summed E-state index contributed by atoms with van der Waals surface area (Å²) in [6.45, 7) is 15.1. The first-order valence-corrected chi connectivity index (χ1v) is 9.36. The van der Waals surface area contributed by atoms with Crippen LogP contribution >= 0.6 is 0 Å². The van der Waals surface area contributed by atoms with Crippen molar-refractivity contribution in [2.24, 2.45) is 0 Å². The molecule has 0 fully saturated rings. The van der Waals surface area contributed by atoms with E-state index in [1.54, 1.807) is 0 Å². The topological polar surface area (TPSA) is 13.1 Å². The molecular formula is C26H13N3. The predicted octanol–water partition coefficient (Wildman–Crippen LogP) is 7.65. The van der Waals surface area contributed by atoms with Crippen molar-refractivity contribution in [1.82, 2.24) is 4.40 Å². The van der Waals surface area contributed by atoms with Crippen molar-refractivity contribution in [3.63, 3.8) is 0 Å². The molecule has 0 atom stereocenters. The summed E-state index contributed by atoms with van der Waals surface area (Å²) in [6, 6.07) is 24.8. The molecule has 0 bridgehead atoms. The molecule has 0 aliphatic heterocycles. The molecule has 0 spiro atoms. The Morgan fingerprint density at radius 1 is 0.621 bits per heavy atom. The summed E-state index contributed by atoms with van der Waals surface area (Å²) >= 11 is 0. The number of benzene rings is 4. The first-order valence-electron chi connectivity index (χ1n) is 9.36. The van der Waals surface area contributed by atoms with Gasteiger partial charge >= 0.3 is 0 Å². The van der Waals surface area contributed by atoms with Crippen LogP contribution in [0.2, 0.25) is 0 Å². The normalized spacial score (nSPS) is 11.4. The van der Waals surface area contributed by atoms with E-state index >= 15 is 0 Å². The Bertz CT molecular complexity index is 1720. The molecule has 6 rings (SSSR count). The quantitative estimate of drug-likeness (QED) is 0.193. The fourth-order valence-corrected chi connectivity index (χ4v) is 4.53. The van der Waals surface area contributed by atoms with Gasteiger partial charge in [0.25, 0.3) is 0 Å². The van der Waals surface area contributed by atoms with E-state index in [0.717, 1.165) is 38.0 Å². The zero-order valence-electron chi connectivity index (χ0n) is 15.3. The fraction of sp³-hybridized carbons (Fsp3) is 0. The zero-order chi connectivity index (χ0) is 19.5. The molecule has 0 amide bonds. The van der Waals surface area contributed by atoms with Crippen LogP contribution in [0.5, 0.6) is 0 Å². The van der Waals surface area contributed by atoms with Gasteiger partial charge in [-0.2, -0.15) is 0 Å². The molecule has 29 heavy (non-hydrogen) atoms. The fourth-order valence-electron chi connectivity index (χ4n) is 4.53. The lowest BCUT2D eigenvalue weighted by molar-refractivity contribution is 1.30. The van der Waals surface area contributed by atoms with Crippen LogP contribution in [0.15, 0.2) is 79.0 Å². The second-order valence-electron chi connectivity index (χ2n) is 7.23. The molecule has 0 N–H and O–H groups in total. The molecule has 2 aromatic heterocycles. The summed E-state index contributed by atoms with van der Waals surface area (Å²) in [5.41, 5.74) is 2.89. The van der Waals surface area contributed by atoms with Gasteiger partial charge < -0.3 is 4.40 Å². The van der Waals surface area contributed by atoms with E-state index in [0.29, 0.717) is 11.4 Å². The first-order chi connectivity index (χ1) is 14.3. The van der Waals surface area contributed by atoms with Gasteiger partial charge in [-0.15, -0.1) is 0 Å². The Labute approximate surface area is 166 Å². The third kappa shape index (κ3) is 1.99. The molecule has 4 aromatic carbocycles. The van der Waals surface area contributed by atoms with Gasteiger partial charge in [-0.05, 0) is 27.6 Å². The largest absolute Gasteiger partial charge is 0.316 e. The molecule has 3 nitrogen and oxygen atoms in total. The number of fused-ring (bicyclic) bond motifs is 10. The summed E-state index contributed by atoms with van der Waals surface area (Å²) in [5.74, 6) is 0. The van der Waals surface area contributed by atoms with Crippen LogP contribution in [-0.4, -0.2) is 4.40 Å². The lowest BCUT2D eigenvalue weighted by Crippen LogP contribution is -1.91. The molecule has 6 aromatic rings. The van der Waals surface area contributed by atoms with E-state index in [-0.39, 0.29) is 0 Å². The SMILES string of the molecule is [C-]#[N+]c1cc2c3c4ccccc4ccc3c3c4ccccc4cn3c2cc1[N+]#[C-]. The lowest BCUT2D eigenvalue weighted by Gasteiger charge is -2.13. The predicted molar refractivity (Wildman–Crippen MR) is 120 cm³/mol. The van der Waals surface area contributed by atoms with Crippen LogP contribution in [-0.2, 0) is 0 Å². The summed E-state index contributed by atoms with van der Waals surface area (Å²) in [4.78, 5) is 7.25. The van der Waals surface area contributed by atoms with Crippen molar-refractivity contribution in [2.45, 2.75) is 0 Å². The van der Waals surface area contributed by atoms with Gasteiger partial charge in [0.15, 0.2) is 11.4 Å². The summed E-state index contributed by atoms with van der Waals surface area (Å²) in [7, 11) is 0. The minimum atomic E-state index is 0.395. The second-order valence-corrected chi connectivity index (χ2v) is 7.23. The van der Waals surface area contributed by atoms with Gasteiger partial charge in [-0.25, -0.2) is 0 Å². The Hall–Kier alpha value is -4.34. The molecular weight excluding hydrogens is 354 g/mol. The van der Waals surface area contributed by atoms with Gasteiger partial charge in [0.05, 0.1) is 18.7 Å². The van der Waals surface area contributed by atoms with Crippen molar-refractivity contribution in [3.8, 4) is 0 Å². The van der Waals surface area contributed by atoms with Gasteiger partial charge in [0.2, 0.25) is 0 Å². The zero-order valence-corrected chi connectivity index (χ0v) is 15.3. The highest BCUT2D eigenvalue weighted by Gasteiger charge is 2.16. The van der Waals surface area contributed by atoms with Crippen LogP contribution in [0.4, 0.5) is 11.4 Å². The van der Waals surface area contributed by atoms with Gasteiger partial charge in [-0.1, -0.05) is 66.7 Å². The average Bonchev–Trinajstić information content (AvgIpc) is 3.17.